The molecule has 6 nitrogen and oxygen atoms in total. The SMILES string of the molecule is O=C(NCCCN1CCCCC1)C1CCCN(c2nc3ccccc3o2)C1. The quantitative estimate of drug-likeness (QED) is 0.792. The molecule has 1 aromatic carbocycles. The molecule has 1 unspecified atom stereocenters. The van der Waals surface area contributed by atoms with Crippen molar-refractivity contribution in [3.63, 3.8) is 0 Å². The van der Waals surface area contributed by atoms with Gasteiger partial charge in [-0.25, -0.2) is 0 Å². The van der Waals surface area contributed by atoms with E-state index in [0.717, 1.165) is 50.0 Å². The summed E-state index contributed by atoms with van der Waals surface area (Å²) in [5.74, 6) is 0.193. The molecule has 2 fully saturated rings. The van der Waals surface area contributed by atoms with Crippen molar-refractivity contribution in [3.8, 4) is 0 Å². The second kappa shape index (κ2) is 8.74. The molecule has 2 aliphatic heterocycles. The maximum atomic E-state index is 12.6. The lowest BCUT2D eigenvalue weighted by Crippen LogP contribution is -2.43. The van der Waals surface area contributed by atoms with Gasteiger partial charge in [0, 0.05) is 19.6 Å². The minimum Gasteiger partial charge on any atom is -0.423 e. The van der Waals surface area contributed by atoms with Crippen molar-refractivity contribution in [2.45, 2.75) is 38.5 Å². The van der Waals surface area contributed by atoms with Crippen LogP contribution in [0.25, 0.3) is 11.1 Å². The second-order valence-electron chi connectivity index (χ2n) is 7.80. The van der Waals surface area contributed by atoms with Crippen molar-refractivity contribution in [3.05, 3.63) is 24.3 Å². The number of benzene rings is 1. The molecule has 1 aromatic heterocycles. The van der Waals surface area contributed by atoms with Gasteiger partial charge in [0.25, 0.3) is 6.01 Å². The summed E-state index contributed by atoms with van der Waals surface area (Å²) in [6, 6.07) is 8.44. The fraction of sp³-hybridized carbons (Fsp3) is 0.619. The van der Waals surface area contributed by atoms with Crippen LogP contribution in [-0.4, -0.2) is 55.1 Å². The smallest absolute Gasteiger partial charge is 0.298 e. The van der Waals surface area contributed by atoms with Gasteiger partial charge >= 0.3 is 0 Å². The maximum absolute atomic E-state index is 12.6. The molecule has 1 atom stereocenters. The van der Waals surface area contributed by atoms with Gasteiger partial charge in [-0.05, 0) is 63.9 Å². The molecule has 1 N–H and O–H groups in total. The Bertz CT molecular complexity index is 720. The number of oxazole rings is 1. The van der Waals surface area contributed by atoms with Gasteiger partial charge in [-0.3, -0.25) is 4.79 Å². The molecule has 2 aromatic rings. The van der Waals surface area contributed by atoms with Gasteiger partial charge < -0.3 is 19.5 Å². The molecule has 3 heterocycles. The number of hydrogen-bond donors (Lipinski definition) is 1. The Labute approximate surface area is 160 Å². The Kier molecular flexibility index (Phi) is 5.92. The van der Waals surface area contributed by atoms with E-state index in [-0.39, 0.29) is 11.8 Å². The number of anilines is 1. The van der Waals surface area contributed by atoms with Crippen LogP contribution in [0, 0.1) is 5.92 Å². The molecular formula is C21H30N4O2. The first-order chi connectivity index (χ1) is 13.3. The number of carbonyl (C=O) groups excluding carboxylic acids is 1. The number of piperidine rings is 2. The Morgan fingerprint density at radius 1 is 1.15 bits per heavy atom. The number of nitrogens with one attached hydrogen (secondary N) is 1. The van der Waals surface area contributed by atoms with Gasteiger partial charge in [0.2, 0.25) is 5.91 Å². The molecule has 0 aliphatic carbocycles. The third-order valence-corrected chi connectivity index (χ3v) is 5.74. The number of hydrogen-bond acceptors (Lipinski definition) is 5. The van der Waals surface area contributed by atoms with Gasteiger partial charge in [-0.2, -0.15) is 4.98 Å². The topological polar surface area (TPSA) is 61.6 Å². The number of nitrogens with zero attached hydrogens (tertiary/aromatic N) is 3. The summed E-state index contributed by atoms with van der Waals surface area (Å²) in [7, 11) is 0. The van der Waals surface area contributed by atoms with Crippen molar-refractivity contribution in [1.82, 2.24) is 15.2 Å². The largest absolute Gasteiger partial charge is 0.423 e. The molecule has 0 spiro atoms. The third kappa shape index (κ3) is 4.61. The maximum Gasteiger partial charge on any atom is 0.298 e. The molecule has 6 heteroatoms. The number of likely N-dealkylation sites (tertiary alicyclic amines) is 1. The first-order valence-electron chi connectivity index (χ1n) is 10.4. The van der Waals surface area contributed by atoms with Gasteiger partial charge in [0.05, 0.1) is 5.92 Å². The van der Waals surface area contributed by atoms with Crippen LogP contribution in [0.2, 0.25) is 0 Å². The third-order valence-electron chi connectivity index (χ3n) is 5.74. The standard InChI is InChI=1S/C21H30N4O2/c26-20(22-11-7-14-24-12-4-1-5-13-24)17-8-6-15-25(16-17)21-23-18-9-2-3-10-19(18)27-21/h2-3,9-10,17H,1,4-8,11-16H2,(H,22,26). The number of aromatic nitrogens is 1. The summed E-state index contributed by atoms with van der Waals surface area (Å²) in [5, 5.41) is 3.15. The summed E-state index contributed by atoms with van der Waals surface area (Å²) in [5.41, 5.74) is 1.67. The molecule has 0 saturated carbocycles. The highest BCUT2D eigenvalue weighted by atomic mass is 16.4. The van der Waals surface area contributed by atoms with Gasteiger partial charge in [0.15, 0.2) is 5.58 Å². The summed E-state index contributed by atoms with van der Waals surface area (Å²) in [4.78, 5) is 21.8. The molecule has 146 valence electrons. The van der Waals surface area contributed by atoms with Gasteiger partial charge in [-0.1, -0.05) is 18.6 Å². The van der Waals surface area contributed by atoms with E-state index < -0.39 is 0 Å². The first kappa shape index (κ1) is 18.3. The molecule has 27 heavy (non-hydrogen) atoms. The number of fused-ring (bicyclic) bond motifs is 1. The highest BCUT2D eigenvalue weighted by Crippen LogP contribution is 2.26. The average Bonchev–Trinajstić information content (AvgIpc) is 3.16. The van der Waals surface area contributed by atoms with Crippen LogP contribution in [0.3, 0.4) is 0 Å². The lowest BCUT2D eigenvalue weighted by Gasteiger charge is -2.31. The van der Waals surface area contributed by atoms with Crippen molar-refractivity contribution >= 4 is 23.0 Å². The number of rotatable bonds is 6. The Balaban J connectivity index is 1.25. The molecule has 4 rings (SSSR count). The fourth-order valence-corrected chi connectivity index (χ4v) is 4.20. The lowest BCUT2D eigenvalue weighted by molar-refractivity contribution is -0.125. The number of para-hydroxylation sites is 2. The zero-order valence-corrected chi connectivity index (χ0v) is 16.0. The van der Waals surface area contributed by atoms with Crippen molar-refractivity contribution in [2.24, 2.45) is 5.92 Å². The van der Waals surface area contributed by atoms with E-state index in [9.17, 15) is 4.79 Å². The molecule has 0 bridgehead atoms. The molecule has 2 aliphatic rings. The van der Waals surface area contributed by atoms with Crippen molar-refractivity contribution < 1.29 is 9.21 Å². The zero-order valence-electron chi connectivity index (χ0n) is 16.0. The van der Waals surface area contributed by atoms with Crippen molar-refractivity contribution in [2.75, 3.05) is 44.2 Å². The Morgan fingerprint density at radius 2 is 2.00 bits per heavy atom. The van der Waals surface area contributed by atoms with E-state index in [1.807, 2.05) is 24.3 Å². The van der Waals surface area contributed by atoms with E-state index in [2.05, 4.69) is 20.1 Å². The Morgan fingerprint density at radius 3 is 2.85 bits per heavy atom. The minimum atomic E-state index is 0.0174. The highest BCUT2D eigenvalue weighted by molar-refractivity contribution is 5.79. The van der Waals surface area contributed by atoms with Crippen LogP contribution in [0.5, 0.6) is 0 Å². The monoisotopic (exact) mass is 370 g/mol. The second-order valence-corrected chi connectivity index (χ2v) is 7.80. The van der Waals surface area contributed by atoms with Crippen LogP contribution in [-0.2, 0) is 4.79 Å². The van der Waals surface area contributed by atoms with E-state index >= 15 is 0 Å². The van der Waals surface area contributed by atoms with Crippen LogP contribution >= 0.6 is 0 Å². The summed E-state index contributed by atoms with van der Waals surface area (Å²) in [6.07, 6.45) is 6.97. The summed E-state index contributed by atoms with van der Waals surface area (Å²) >= 11 is 0. The van der Waals surface area contributed by atoms with E-state index in [0.29, 0.717) is 12.6 Å². The van der Waals surface area contributed by atoms with Crippen LogP contribution in [0.4, 0.5) is 6.01 Å². The predicted octanol–water partition coefficient (Wildman–Crippen LogP) is 3.04. The van der Waals surface area contributed by atoms with Gasteiger partial charge in [0.1, 0.15) is 5.52 Å². The molecule has 2 saturated heterocycles. The zero-order chi connectivity index (χ0) is 18.5. The predicted molar refractivity (Wildman–Crippen MR) is 107 cm³/mol. The number of amides is 1. The van der Waals surface area contributed by atoms with E-state index in [4.69, 9.17) is 4.42 Å². The van der Waals surface area contributed by atoms with E-state index in [1.165, 1.54) is 32.4 Å². The number of carbonyl (C=O) groups is 1. The Hall–Kier alpha value is -2.08. The average molecular weight is 370 g/mol. The van der Waals surface area contributed by atoms with E-state index in [1.54, 1.807) is 0 Å². The van der Waals surface area contributed by atoms with Crippen molar-refractivity contribution in [1.29, 1.82) is 0 Å². The first-order valence-corrected chi connectivity index (χ1v) is 10.4. The normalized spacial score (nSPS) is 21.5. The molecular weight excluding hydrogens is 340 g/mol. The van der Waals surface area contributed by atoms with Crippen LogP contribution < -0.4 is 10.2 Å². The summed E-state index contributed by atoms with van der Waals surface area (Å²) < 4.78 is 5.88. The summed E-state index contributed by atoms with van der Waals surface area (Å²) in [6.45, 7) is 5.89. The highest BCUT2D eigenvalue weighted by Gasteiger charge is 2.28. The molecule has 1 amide bonds. The molecule has 0 radical (unpaired) electrons. The van der Waals surface area contributed by atoms with Gasteiger partial charge in [-0.15, -0.1) is 0 Å². The van der Waals surface area contributed by atoms with Crippen LogP contribution in [0.1, 0.15) is 38.5 Å². The minimum absolute atomic E-state index is 0.0174. The fourth-order valence-electron chi connectivity index (χ4n) is 4.20. The van der Waals surface area contributed by atoms with Crippen LogP contribution in [0.15, 0.2) is 28.7 Å². The lowest BCUT2D eigenvalue weighted by atomic mass is 9.97.